The van der Waals surface area contributed by atoms with Crippen LogP contribution in [0.3, 0.4) is 0 Å². The Labute approximate surface area is 125 Å². The molecular weight excluding hydrogens is 296 g/mol. The second-order valence-electron chi connectivity index (χ2n) is 4.43. The molecule has 0 spiro atoms. The highest BCUT2D eigenvalue weighted by atomic mass is 32.2. The lowest BCUT2D eigenvalue weighted by Crippen LogP contribution is -2.25. The molecule has 0 radical (unpaired) electrons. The normalized spacial score (nSPS) is 11.9. The van der Waals surface area contributed by atoms with Crippen LogP contribution in [-0.2, 0) is 16.6 Å². The summed E-state index contributed by atoms with van der Waals surface area (Å²) in [6.45, 7) is 5.22. The summed E-state index contributed by atoms with van der Waals surface area (Å²) in [5.41, 5.74) is 0. The third kappa shape index (κ3) is 6.25. The number of rotatable bonds is 11. The van der Waals surface area contributed by atoms with Gasteiger partial charge in [-0.05, 0) is 32.2 Å². The van der Waals surface area contributed by atoms with Gasteiger partial charge in [0.05, 0.1) is 6.20 Å². The van der Waals surface area contributed by atoms with Crippen molar-refractivity contribution in [3.05, 3.63) is 12.4 Å². The van der Waals surface area contributed by atoms with E-state index in [-0.39, 0.29) is 4.90 Å². The summed E-state index contributed by atoms with van der Waals surface area (Å²) in [4.78, 5) is 0.236. The molecule has 20 heavy (non-hydrogen) atoms. The Morgan fingerprint density at radius 1 is 1.35 bits per heavy atom. The highest BCUT2D eigenvalue weighted by Gasteiger charge is 2.15. The topological polar surface area (TPSA) is 76.0 Å². The van der Waals surface area contributed by atoms with Gasteiger partial charge in [0.1, 0.15) is 4.90 Å². The maximum absolute atomic E-state index is 11.9. The zero-order valence-corrected chi connectivity index (χ0v) is 13.8. The van der Waals surface area contributed by atoms with Crippen LogP contribution in [0.1, 0.15) is 19.8 Å². The van der Waals surface area contributed by atoms with Gasteiger partial charge in [0.25, 0.3) is 0 Å². The van der Waals surface area contributed by atoms with Crippen molar-refractivity contribution in [3.8, 4) is 0 Å². The largest absolute Gasteiger partial charge is 0.317 e. The summed E-state index contributed by atoms with van der Waals surface area (Å²) in [5.74, 6) is 0.760. The maximum atomic E-state index is 11.9. The number of hydrogen-bond acceptors (Lipinski definition) is 5. The van der Waals surface area contributed by atoms with E-state index < -0.39 is 10.0 Å². The smallest absolute Gasteiger partial charge is 0.243 e. The minimum absolute atomic E-state index is 0.236. The number of thioether (sulfide) groups is 1. The number of aryl methyl sites for hydroxylation is 1. The second kappa shape index (κ2) is 9.38. The average Bonchev–Trinajstić information content (AvgIpc) is 2.88. The number of nitrogens with zero attached hydrogens (tertiary/aromatic N) is 2. The fourth-order valence-electron chi connectivity index (χ4n) is 1.63. The molecule has 0 aliphatic carbocycles. The van der Waals surface area contributed by atoms with E-state index in [9.17, 15) is 8.42 Å². The van der Waals surface area contributed by atoms with E-state index in [1.54, 1.807) is 22.6 Å². The van der Waals surface area contributed by atoms with Gasteiger partial charge < -0.3 is 5.32 Å². The summed E-state index contributed by atoms with van der Waals surface area (Å²) < 4.78 is 28.1. The van der Waals surface area contributed by atoms with Gasteiger partial charge in [-0.25, -0.2) is 13.1 Å². The SMILES string of the molecule is CCCNCCCn1cc(S(=O)(=O)NCCSC)cn1. The number of nitrogens with one attached hydrogen (secondary N) is 2. The van der Waals surface area contributed by atoms with Crippen molar-refractivity contribution >= 4 is 21.8 Å². The molecule has 0 unspecified atom stereocenters. The van der Waals surface area contributed by atoms with E-state index >= 15 is 0 Å². The highest BCUT2D eigenvalue weighted by Crippen LogP contribution is 2.07. The van der Waals surface area contributed by atoms with Crippen LogP contribution in [-0.4, -0.2) is 49.8 Å². The van der Waals surface area contributed by atoms with Gasteiger partial charge in [-0.3, -0.25) is 4.68 Å². The summed E-state index contributed by atoms with van der Waals surface area (Å²) in [6.07, 6.45) is 6.98. The van der Waals surface area contributed by atoms with Crippen molar-refractivity contribution in [1.82, 2.24) is 19.8 Å². The average molecular weight is 320 g/mol. The van der Waals surface area contributed by atoms with Crippen LogP contribution < -0.4 is 10.0 Å². The Morgan fingerprint density at radius 2 is 2.15 bits per heavy atom. The second-order valence-corrected chi connectivity index (χ2v) is 7.19. The molecule has 0 amide bonds. The minimum Gasteiger partial charge on any atom is -0.317 e. The Balaban J connectivity index is 2.41. The summed E-state index contributed by atoms with van der Waals surface area (Å²) in [5, 5.41) is 7.40. The van der Waals surface area contributed by atoms with Crippen molar-refractivity contribution in [2.24, 2.45) is 0 Å². The van der Waals surface area contributed by atoms with E-state index in [4.69, 9.17) is 0 Å². The van der Waals surface area contributed by atoms with Crippen LogP contribution in [0.4, 0.5) is 0 Å². The molecule has 0 aromatic carbocycles. The van der Waals surface area contributed by atoms with Crippen molar-refractivity contribution < 1.29 is 8.42 Å². The van der Waals surface area contributed by atoms with Crippen molar-refractivity contribution in [1.29, 1.82) is 0 Å². The lowest BCUT2D eigenvalue weighted by atomic mass is 10.4. The molecule has 0 saturated heterocycles. The maximum Gasteiger partial charge on any atom is 0.243 e. The molecule has 6 nitrogen and oxygen atoms in total. The lowest BCUT2D eigenvalue weighted by molar-refractivity contribution is 0.541. The van der Waals surface area contributed by atoms with Crippen molar-refractivity contribution in [2.45, 2.75) is 31.2 Å². The molecule has 0 aliphatic rings. The fraction of sp³-hybridized carbons (Fsp3) is 0.750. The molecule has 0 atom stereocenters. The standard InChI is InChI=1S/C12H24N4O2S2/c1-3-5-13-6-4-8-16-11-12(10-14-16)20(17,18)15-7-9-19-2/h10-11,13,15H,3-9H2,1-2H3. The first kappa shape index (κ1) is 17.5. The molecular formula is C12H24N4O2S2. The molecule has 2 N–H and O–H groups in total. The molecule has 1 aromatic heterocycles. The van der Waals surface area contributed by atoms with Crippen LogP contribution in [0.5, 0.6) is 0 Å². The molecule has 0 saturated carbocycles. The van der Waals surface area contributed by atoms with Gasteiger partial charge in [0.15, 0.2) is 0 Å². The minimum atomic E-state index is -3.41. The van der Waals surface area contributed by atoms with Gasteiger partial charge in [0, 0.05) is 25.0 Å². The summed E-state index contributed by atoms with van der Waals surface area (Å²) in [6, 6.07) is 0. The highest BCUT2D eigenvalue weighted by molar-refractivity contribution is 7.98. The molecule has 0 aliphatic heterocycles. The lowest BCUT2D eigenvalue weighted by Gasteiger charge is -2.04. The molecule has 0 bridgehead atoms. The Bertz CT molecular complexity index is 474. The van der Waals surface area contributed by atoms with E-state index in [2.05, 4.69) is 22.1 Å². The van der Waals surface area contributed by atoms with Crippen molar-refractivity contribution in [2.75, 3.05) is 31.6 Å². The van der Waals surface area contributed by atoms with E-state index in [0.717, 1.165) is 38.2 Å². The monoisotopic (exact) mass is 320 g/mol. The molecule has 0 fully saturated rings. The van der Waals surface area contributed by atoms with Gasteiger partial charge >= 0.3 is 0 Å². The fourth-order valence-corrected chi connectivity index (χ4v) is 3.05. The predicted octanol–water partition coefficient (Wildman–Crippen LogP) is 0.914. The first-order valence-corrected chi connectivity index (χ1v) is 9.69. The number of aromatic nitrogens is 2. The summed E-state index contributed by atoms with van der Waals surface area (Å²) in [7, 11) is -3.41. The van der Waals surface area contributed by atoms with E-state index in [1.807, 2.05) is 6.26 Å². The molecule has 8 heteroatoms. The predicted molar refractivity (Wildman–Crippen MR) is 83.6 cm³/mol. The first-order chi connectivity index (χ1) is 9.60. The molecule has 1 aromatic rings. The van der Waals surface area contributed by atoms with Crippen LogP contribution in [0.25, 0.3) is 0 Å². The Hall–Kier alpha value is -0.570. The number of sulfonamides is 1. The Morgan fingerprint density at radius 3 is 2.85 bits per heavy atom. The van der Waals surface area contributed by atoms with Gasteiger partial charge in [-0.2, -0.15) is 16.9 Å². The van der Waals surface area contributed by atoms with E-state index in [1.165, 1.54) is 6.20 Å². The van der Waals surface area contributed by atoms with Gasteiger partial charge in [-0.15, -0.1) is 0 Å². The third-order valence-corrected chi connectivity index (χ3v) is 4.71. The van der Waals surface area contributed by atoms with Crippen molar-refractivity contribution in [3.63, 3.8) is 0 Å². The van der Waals surface area contributed by atoms with Crippen LogP contribution >= 0.6 is 11.8 Å². The molecule has 116 valence electrons. The quantitative estimate of drug-likeness (QED) is 0.593. The zero-order valence-electron chi connectivity index (χ0n) is 12.1. The van der Waals surface area contributed by atoms with Crippen LogP contribution in [0.15, 0.2) is 17.3 Å². The van der Waals surface area contributed by atoms with Gasteiger partial charge in [-0.1, -0.05) is 6.92 Å². The van der Waals surface area contributed by atoms with Crippen LogP contribution in [0.2, 0.25) is 0 Å². The first-order valence-electron chi connectivity index (χ1n) is 6.82. The molecule has 1 rings (SSSR count). The molecule has 1 heterocycles. The van der Waals surface area contributed by atoms with E-state index in [0.29, 0.717) is 6.54 Å². The van der Waals surface area contributed by atoms with Gasteiger partial charge in [0.2, 0.25) is 10.0 Å². The number of hydrogen-bond donors (Lipinski definition) is 2. The third-order valence-electron chi connectivity index (χ3n) is 2.69. The zero-order chi connectivity index (χ0) is 14.8. The Kier molecular flexibility index (Phi) is 8.20. The summed E-state index contributed by atoms with van der Waals surface area (Å²) >= 11 is 1.61. The van der Waals surface area contributed by atoms with Crippen LogP contribution in [0, 0.1) is 0 Å².